The summed E-state index contributed by atoms with van der Waals surface area (Å²) in [6.45, 7) is 8.89. The predicted molar refractivity (Wildman–Crippen MR) is 61.6 cm³/mol. The first-order chi connectivity index (χ1) is 7.18. The third kappa shape index (κ3) is 2.55. The fourth-order valence-electron chi connectivity index (χ4n) is 2.02. The van der Waals surface area contributed by atoms with Crippen molar-refractivity contribution >= 4 is 0 Å². The highest BCUT2D eigenvalue weighted by atomic mass is 15.2. The molecule has 3 heteroatoms. The molecule has 0 atom stereocenters. The Morgan fingerprint density at radius 3 is 2.80 bits per heavy atom. The fourth-order valence-corrected chi connectivity index (χ4v) is 2.02. The molecule has 1 N–H and O–H groups in total. The summed E-state index contributed by atoms with van der Waals surface area (Å²) in [5.41, 5.74) is 1.60. The van der Waals surface area contributed by atoms with Gasteiger partial charge in [0.15, 0.2) is 0 Å². The van der Waals surface area contributed by atoms with Gasteiger partial charge in [0.25, 0.3) is 0 Å². The van der Waals surface area contributed by atoms with Gasteiger partial charge in [-0.25, -0.2) is 0 Å². The maximum absolute atomic E-state index is 4.04. The van der Waals surface area contributed by atoms with Crippen LogP contribution in [0, 0.1) is 0 Å². The maximum atomic E-state index is 4.04. The second-order valence-electron chi connectivity index (χ2n) is 4.77. The largest absolute Gasteiger partial charge is 0.314 e. The molecule has 15 heavy (non-hydrogen) atoms. The van der Waals surface area contributed by atoms with Gasteiger partial charge in [0, 0.05) is 44.1 Å². The predicted octanol–water partition coefficient (Wildman–Crippen LogP) is 1.27. The lowest BCUT2D eigenvalue weighted by atomic mass is 9.99. The zero-order chi connectivity index (χ0) is 10.7. The van der Waals surface area contributed by atoms with E-state index in [4.69, 9.17) is 0 Å². The zero-order valence-corrected chi connectivity index (χ0v) is 9.53. The first kappa shape index (κ1) is 10.6. The molecule has 82 valence electrons. The zero-order valence-electron chi connectivity index (χ0n) is 9.53. The van der Waals surface area contributed by atoms with Gasteiger partial charge in [0.1, 0.15) is 0 Å². The van der Waals surface area contributed by atoms with Crippen molar-refractivity contribution in [2.45, 2.75) is 25.9 Å². The second-order valence-corrected chi connectivity index (χ2v) is 4.77. The van der Waals surface area contributed by atoms with Gasteiger partial charge in [0.2, 0.25) is 0 Å². The van der Waals surface area contributed by atoms with Crippen molar-refractivity contribution in [1.29, 1.82) is 0 Å². The molecule has 0 saturated carbocycles. The summed E-state index contributed by atoms with van der Waals surface area (Å²) >= 11 is 0. The topological polar surface area (TPSA) is 28.2 Å². The van der Waals surface area contributed by atoms with Crippen molar-refractivity contribution in [1.82, 2.24) is 15.2 Å². The van der Waals surface area contributed by atoms with E-state index in [0.29, 0.717) is 0 Å². The normalized spacial score (nSPS) is 21.5. The molecule has 0 amide bonds. The van der Waals surface area contributed by atoms with Crippen LogP contribution in [-0.4, -0.2) is 35.1 Å². The molecule has 1 aromatic rings. The Kier molecular flexibility index (Phi) is 3.03. The molecular weight excluding hydrogens is 186 g/mol. The highest BCUT2D eigenvalue weighted by molar-refractivity contribution is 5.10. The van der Waals surface area contributed by atoms with Crippen LogP contribution in [0.5, 0.6) is 0 Å². The first-order valence-electron chi connectivity index (χ1n) is 5.53. The lowest BCUT2D eigenvalue weighted by Crippen LogP contribution is -2.57. The molecule has 0 radical (unpaired) electrons. The molecule has 2 heterocycles. The average molecular weight is 205 g/mol. The molecule has 1 fully saturated rings. The molecule has 1 aromatic heterocycles. The number of hydrogen-bond acceptors (Lipinski definition) is 3. The fraction of sp³-hybridized carbons (Fsp3) is 0.583. The van der Waals surface area contributed by atoms with E-state index in [1.54, 1.807) is 0 Å². The van der Waals surface area contributed by atoms with Crippen molar-refractivity contribution in [3.63, 3.8) is 0 Å². The van der Waals surface area contributed by atoms with Crippen LogP contribution in [0.15, 0.2) is 24.5 Å². The van der Waals surface area contributed by atoms with Crippen LogP contribution in [0.2, 0.25) is 0 Å². The van der Waals surface area contributed by atoms with Crippen LogP contribution in [0.25, 0.3) is 0 Å². The maximum Gasteiger partial charge on any atom is 0.0281 e. The van der Waals surface area contributed by atoms with E-state index in [1.165, 1.54) is 5.56 Å². The highest BCUT2D eigenvalue weighted by Gasteiger charge is 2.29. The van der Waals surface area contributed by atoms with Crippen LogP contribution < -0.4 is 5.32 Å². The quantitative estimate of drug-likeness (QED) is 0.788. The molecule has 0 unspecified atom stereocenters. The van der Waals surface area contributed by atoms with Gasteiger partial charge < -0.3 is 5.32 Å². The SMILES string of the molecule is CC1(C)CNCCN1Cc1ccncc1. The number of rotatable bonds is 2. The molecule has 0 spiro atoms. The number of hydrogen-bond donors (Lipinski definition) is 1. The summed E-state index contributed by atoms with van der Waals surface area (Å²) < 4.78 is 0. The molecule has 1 aliphatic heterocycles. The van der Waals surface area contributed by atoms with Crippen LogP contribution in [0.1, 0.15) is 19.4 Å². The number of pyridine rings is 1. The standard InChI is InChI=1S/C12H19N3/c1-12(2)10-14-7-8-15(12)9-11-3-5-13-6-4-11/h3-6,14H,7-10H2,1-2H3. The van der Waals surface area contributed by atoms with Crippen LogP contribution >= 0.6 is 0 Å². The Hall–Kier alpha value is -0.930. The van der Waals surface area contributed by atoms with Gasteiger partial charge in [-0.1, -0.05) is 0 Å². The third-order valence-electron chi connectivity index (χ3n) is 3.09. The minimum absolute atomic E-state index is 0.252. The minimum Gasteiger partial charge on any atom is -0.314 e. The number of nitrogens with zero attached hydrogens (tertiary/aromatic N) is 2. The third-order valence-corrected chi connectivity index (χ3v) is 3.09. The molecular formula is C12H19N3. The average Bonchev–Trinajstić information content (AvgIpc) is 2.23. The van der Waals surface area contributed by atoms with E-state index in [-0.39, 0.29) is 5.54 Å². The van der Waals surface area contributed by atoms with Gasteiger partial charge in [-0.3, -0.25) is 9.88 Å². The Bertz CT molecular complexity index is 308. The Morgan fingerprint density at radius 2 is 2.13 bits per heavy atom. The van der Waals surface area contributed by atoms with E-state index in [0.717, 1.165) is 26.2 Å². The van der Waals surface area contributed by atoms with Gasteiger partial charge in [-0.15, -0.1) is 0 Å². The summed E-state index contributed by atoms with van der Waals surface area (Å²) in [6, 6.07) is 4.19. The van der Waals surface area contributed by atoms with Gasteiger partial charge in [-0.05, 0) is 31.5 Å². The highest BCUT2D eigenvalue weighted by Crippen LogP contribution is 2.18. The number of nitrogens with one attached hydrogen (secondary N) is 1. The van der Waals surface area contributed by atoms with Gasteiger partial charge >= 0.3 is 0 Å². The van der Waals surface area contributed by atoms with Crippen LogP contribution in [0.3, 0.4) is 0 Å². The van der Waals surface area contributed by atoms with Crippen molar-refractivity contribution in [2.75, 3.05) is 19.6 Å². The van der Waals surface area contributed by atoms with Gasteiger partial charge in [-0.2, -0.15) is 0 Å². The summed E-state index contributed by atoms with van der Waals surface area (Å²) in [7, 11) is 0. The Balaban J connectivity index is 2.05. The number of aromatic nitrogens is 1. The molecule has 2 rings (SSSR count). The van der Waals surface area contributed by atoms with Crippen LogP contribution in [0.4, 0.5) is 0 Å². The second kappa shape index (κ2) is 4.29. The lowest BCUT2D eigenvalue weighted by Gasteiger charge is -2.42. The monoisotopic (exact) mass is 205 g/mol. The summed E-state index contributed by atoms with van der Waals surface area (Å²) in [6.07, 6.45) is 3.73. The van der Waals surface area contributed by atoms with E-state index in [9.17, 15) is 0 Å². The van der Waals surface area contributed by atoms with Crippen LogP contribution in [-0.2, 0) is 6.54 Å². The van der Waals surface area contributed by atoms with Gasteiger partial charge in [0.05, 0.1) is 0 Å². The Morgan fingerprint density at radius 1 is 1.40 bits per heavy atom. The number of piperazine rings is 1. The summed E-state index contributed by atoms with van der Waals surface area (Å²) in [5.74, 6) is 0. The molecule has 3 nitrogen and oxygen atoms in total. The molecule has 0 bridgehead atoms. The van der Waals surface area contributed by atoms with E-state index in [2.05, 4.69) is 41.2 Å². The van der Waals surface area contributed by atoms with E-state index >= 15 is 0 Å². The molecule has 0 aromatic carbocycles. The van der Waals surface area contributed by atoms with E-state index in [1.807, 2.05) is 12.4 Å². The summed E-state index contributed by atoms with van der Waals surface area (Å²) in [4.78, 5) is 6.57. The summed E-state index contributed by atoms with van der Waals surface area (Å²) in [5, 5.41) is 3.44. The molecule has 0 aliphatic carbocycles. The molecule has 1 aliphatic rings. The van der Waals surface area contributed by atoms with E-state index < -0.39 is 0 Å². The van der Waals surface area contributed by atoms with Crippen molar-refractivity contribution in [2.24, 2.45) is 0 Å². The Labute approximate surface area is 91.5 Å². The van der Waals surface area contributed by atoms with Crippen molar-refractivity contribution in [3.05, 3.63) is 30.1 Å². The smallest absolute Gasteiger partial charge is 0.0281 e. The van der Waals surface area contributed by atoms with Crippen molar-refractivity contribution in [3.8, 4) is 0 Å². The first-order valence-corrected chi connectivity index (χ1v) is 5.53. The molecule has 1 saturated heterocycles. The minimum atomic E-state index is 0.252. The van der Waals surface area contributed by atoms with Crippen molar-refractivity contribution < 1.29 is 0 Å². The lowest BCUT2D eigenvalue weighted by molar-refractivity contribution is 0.0827.